The van der Waals surface area contributed by atoms with Gasteiger partial charge >= 0.3 is 0 Å². The van der Waals surface area contributed by atoms with Crippen LogP contribution in [-0.2, 0) is 16.0 Å². The van der Waals surface area contributed by atoms with Crippen LogP contribution < -0.4 is 0 Å². The van der Waals surface area contributed by atoms with Crippen LogP contribution in [0.2, 0.25) is 0 Å². The molecule has 5 aromatic rings. The second kappa shape index (κ2) is 9.23. The Kier molecular flexibility index (Phi) is 5.61. The standard InChI is InChI=1S/C33H21F3N2O3/c34-21-11-9-19(10-12-21)31(39)28-32(40)27-16-25-24-3-1-2-4-26(24)37-29(25)30(38(27)33(28)41)18-7-5-17(6-8-18)20-13-22(35)15-23(36)14-20/h1-15,27,30,37,39H,16H2/b31-28-/t27-,30+/m0/s1. The molecule has 4 aromatic carbocycles. The number of para-hydroxylation sites is 1. The number of carbonyl (C=O) groups is 2. The average molecular weight is 551 g/mol. The normalized spacial score (nSPS) is 19.4. The van der Waals surface area contributed by atoms with Crippen molar-refractivity contribution in [1.29, 1.82) is 0 Å². The molecule has 2 aliphatic heterocycles. The van der Waals surface area contributed by atoms with E-state index in [9.17, 15) is 27.9 Å². The number of aliphatic hydroxyl groups excluding tert-OH is 1. The first-order chi connectivity index (χ1) is 19.8. The second-order valence-electron chi connectivity index (χ2n) is 10.3. The summed E-state index contributed by atoms with van der Waals surface area (Å²) in [6.45, 7) is 0. The molecule has 0 saturated carbocycles. The van der Waals surface area contributed by atoms with Crippen LogP contribution in [-0.4, -0.2) is 32.7 Å². The first-order valence-electron chi connectivity index (χ1n) is 13.0. The summed E-state index contributed by atoms with van der Waals surface area (Å²) in [7, 11) is 0. The zero-order valence-corrected chi connectivity index (χ0v) is 21.4. The predicted octanol–water partition coefficient (Wildman–Crippen LogP) is 6.65. The molecule has 0 unspecified atom stereocenters. The molecule has 0 aliphatic carbocycles. The van der Waals surface area contributed by atoms with E-state index in [-0.39, 0.29) is 17.6 Å². The number of aromatic nitrogens is 1. The molecule has 1 amide bonds. The van der Waals surface area contributed by atoms with Gasteiger partial charge in [-0.3, -0.25) is 9.59 Å². The van der Waals surface area contributed by atoms with E-state index < -0.39 is 47.0 Å². The minimum Gasteiger partial charge on any atom is -0.506 e. The zero-order valence-electron chi connectivity index (χ0n) is 21.4. The molecule has 3 heterocycles. The number of amides is 1. The number of nitrogens with one attached hydrogen (secondary N) is 1. The summed E-state index contributed by atoms with van der Waals surface area (Å²) in [4.78, 5) is 32.6. The van der Waals surface area contributed by atoms with Crippen molar-refractivity contribution in [2.24, 2.45) is 0 Å². The lowest BCUT2D eigenvalue weighted by molar-refractivity contribution is -0.129. The summed E-state index contributed by atoms with van der Waals surface area (Å²) < 4.78 is 41.2. The van der Waals surface area contributed by atoms with E-state index in [1.807, 2.05) is 24.3 Å². The maximum atomic E-state index is 13.9. The number of rotatable bonds is 3. The summed E-state index contributed by atoms with van der Waals surface area (Å²) in [5.74, 6) is -3.53. The molecule has 8 heteroatoms. The molecule has 2 atom stereocenters. The van der Waals surface area contributed by atoms with Crippen molar-refractivity contribution in [3.8, 4) is 11.1 Å². The second-order valence-corrected chi connectivity index (χ2v) is 10.3. The number of ketones is 1. The van der Waals surface area contributed by atoms with Crippen LogP contribution in [0.3, 0.4) is 0 Å². The van der Waals surface area contributed by atoms with Crippen molar-refractivity contribution in [2.45, 2.75) is 18.5 Å². The molecule has 0 spiro atoms. The molecular formula is C33H21F3N2O3. The fourth-order valence-corrected chi connectivity index (χ4v) is 6.04. The molecular weight excluding hydrogens is 529 g/mol. The van der Waals surface area contributed by atoms with Crippen LogP contribution >= 0.6 is 0 Å². The van der Waals surface area contributed by atoms with Crippen LogP contribution in [0.5, 0.6) is 0 Å². The third kappa shape index (κ3) is 3.94. The van der Waals surface area contributed by atoms with Gasteiger partial charge in [-0.2, -0.15) is 0 Å². The van der Waals surface area contributed by atoms with Crippen molar-refractivity contribution in [1.82, 2.24) is 9.88 Å². The average Bonchev–Trinajstić information content (AvgIpc) is 3.45. The lowest BCUT2D eigenvalue weighted by Crippen LogP contribution is -2.44. The van der Waals surface area contributed by atoms with Crippen LogP contribution in [0.25, 0.3) is 27.8 Å². The van der Waals surface area contributed by atoms with E-state index in [1.165, 1.54) is 29.2 Å². The Morgan fingerprint density at radius 1 is 0.805 bits per heavy atom. The van der Waals surface area contributed by atoms with Crippen molar-refractivity contribution >= 4 is 28.4 Å². The van der Waals surface area contributed by atoms with E-state index in [2.05, 4.69) is 4.98 Å². The number of halogens is 3. The van der Waals surface area contributed by atoms with Crippen LogP contribution in [0.15, 0.2) is 96.6 Å². The fourth-order valence-electron chi connectivity index (χ4n) is 6.04. The SMILES string of the molecule is O=C1/C(=C(/O)c2ccc(F)cc2)C(=O)N2[C@H](c3ccc(-c4cc(F)cc(F)c4)cc3)c3[nH]c4ccccc4c3C[C@@H]12. The van der Waals surface area contributed by atoms with Gasteiger partial charge in [-0.05, 0) is 64.7 Å². The van der Waals surface area contributed by atoms with Crippen molar-refractivity contribution < 1.29 is 27.9 Å². The van der Waals surface area contributed by atoms with E-state index in [1.54, 1.807) is 24.3 Å². The first kappa shape index (κ1) is 24.9. The highest BCUT2D eigenvalue weighted by Gasteiger charge is 2.52. The molecule has 7 rings (SSSR count). The van der Waals surface area contributed by atoms with Gasteiger partial charge in [0.15, 0.2) is 5.78 Å². The third-order valence-corrected chi connectivity index (χ3v) is 7.91. The zero-order chi connectivity index (χ0) is 28.4. The molecule has 202 valence electrons. The van der Waals surface area contributed by atoms with Gasteiger partial charge in [-0.15, -0.1) is 0 Å². The maximum absolute atomic E-state index is 13.9. The number of nitrogens with zero attached hydrogens (tertiary/aromatic N) is 1. The van der Waals surface area contributed by atoms with E-state index in [0.29, 0.717) is 16.7 Å². The van der Waals surface area contributed by atoms with Gasteiger partial charge < -0.3 is 15.0 Å². The number of hydrogen-bond acceptors (Lipinski definition) is 3. The Morgan fingerprint density at radius 2 is 1.49 bits per heavy atom. The molecule has 41 heavy (non-hydrogen) atoms. The molecule has 0 radical (unpaired) electrons. The van der Waals surface area contributed by atoms with E-state index in [4.69, 9.17) is 0 Å². The third-order valence-electron chi connectivity index (χ3n) is 7.91. The van der Waals surface area contributed by atoms with Gasteiger partial charge in [0.2, 0.25) is 0 Å². The molecule has 1 aromatic heterocycles. The highest BCUT2D eigenvalue weighted by atomic mass is 19.1. The largest absolute Gasteiger partial charge is 0.506 e. The number of H-pyrrole nitrogens is 1. The topological polar surface area (TPSA) is 73.4 Å². The van der Waals surface area contributed by atoms with Crippen LogP contribution in [0.1, 0.15) is 28.4 Å². The molecule has 2 aliphatic rings. The maximum Gasteiger partial charge on any atom is 0.262 e. The Balaban J connectivity index is 1.37. The van der Waals surface area contributed by atoms with Gasteiger partial charge in [0.05, 0.1) is 6.04 Å². The summed E-state index contributed by atoms with van der Waals surface area (Å²) in [6.07, 6.45) is 0.251. The first-order valence-corrected chi connectivity index (χ1v) is 13.0. The van der Waals surface area contributed by atoms with Crippen LogP contribution in [0, 0.1) is 17.5 Å². The number of aliphatic hydroxyl groups is 1. The van der Waals surface area contributed by atoms with Crippen molar-refractivity contribution in [3.05, 3.63) is 136 Å². The predicted molar refractivity (Wildman–Crippen MR) is 147 cm³/mol. The Bertz CT molecular complexity index is 1890. The minimum absolute atomic E-state index is 0.162. The van der Waals surface area contributed by atoms with Crippen molar-refractivity contribution in [3.63, 3.8) is 0 Å². The number of benzene rings is 4. The number of Topliss-reactive ketones (excluding diaryl/α,β-unsaturated/α-hetero) is 1. The number of carbonyl (C=O) groups excluding carboxylic acids is 2. The molecule has 5 nitrogen and oxygen atoms in total. The number of aromatic amines is 1. The van der Waals surface area contributed by atoms with Crippen molar-refractivity contribution in [2.75, 3.05) is 0 Å². The van der Waals surface area contributed by atoms with E-state index in [0.717, 1.165) is 40.4 Å². The number of hydrogen-bond donors (Lipinski definition) is 2. The Morgan fingerprint density at radius 3 is 2.20 bits per heavy atom. The van der Waals surface area contributed by atoms with Gasteiger partial charge in [-0.25, -0.2) is 13.2 Å². The molecule has 1 fully saturated rings. The van der Waals surface area contributed by atoms with Gasteiger partial charge in [0.1, 0.15) is 34.8 Å². The number of fused-ring (bicyclic) bond motifs is 4. The van der Waals surface area contributed by atoms with Crippen LogP contribution in [0.4, 0.5) is 13.2 Å². The Hall–Kier alpha value is -5.11. The minimum atomic E-state index is -0.867. The van der Waals surface area contributed by atoms with E-state index >= 15 is 0 Å². The summed E-state index contributed by atoms with van der Waals surface area (Å²) in [5, 5.41) is 12.0. The Labute approximate surface area is 232 Å². The summed E-state index contributed by atoms with van der Waals surface area (Å²) in [6, 6.07) is 21.3. The fraction of sp³-hybridized carbons (Fsp3) is 0.0909. The lowest BCUT2D eigenvalue weighted by atomic mass is 9.88. The quantitative estimate of drug-likeness (QED) is 0.150. The molecule has 2 N–H and O–H groups in total. The summed E-state index contributed by atoms with van der Waals surface area (Å²) >= 11 is 0. The smallest absolute Gasteiger partial charge is 0.262 e. The summed E-state index contributed by atoms with van der Waals surface area (Å²) in [5.41, 5.74) is 3.94. The molecule has 0 bridgehead atoms. The highest BCUT2D eigenvalue weighted by molar-refractivity contribution is 6.30. The molecule has 1 saturated heterocycles. The highest BCUT2D eigenvalue weighted by Crippen LogP contribution is 2.45. The van der Waals surface area contributed by atoms with Gasteiger partial charge in [0.25, 0.3) is 5.91 Å². The monoisotopic (exact) mass is 550 g/mol. The van der Waals surface area contributed by atoms with Gasteiger partial charge in [0, 0.05) is 34.6 Å². The van der Waals surface area contributed by atoms with Gasteiger partial charge in [-0.1, -0.05) is 42.5 Å². The lowest BCUT2D eigenvalue weighted by Gasteiger charge is -2.37.